The van der Waals surface area contributed by atoms with Crippen LogP contribution in [0.5, 0.6) is 0 Å². The van der Waals surface area contributed by atoms with Crippen molar-refractivity contribution in [2.45, 2.75) is 88.0 Å². The Balaban J connectivity index is 1.41. The third kappa shape index (κ3) is 8.49. The molecule has 0 unspecified atom stereocenters. The summed E-state index contributed by atoms with van der Waals surface area (Å²) in [6.45, 7) is 3.63. The van der Waals surface area contributed by atoms with Crippen LogP contribution < -0.4 is 27.0 Å². The summed E-state index contributed by atoms with van der Waals surface area (Å²) in [6, 6.07) is 20.8. The third-order valence-corrected chi connectivity index (χ3v) is 10.9. The summed E-state index contributed by atoms with van der Waals surface area (Å²) in [5, 5.41) is 43.1. The Hall–Kier alpha value is -6.20. The fourth-order valence-corrected chi connectivity index (χ4v) is 8.10. The molecule has 3 aromatic rings. The van der Waals surface area contributed by atoms with Crippen LogP contribution in [-0.2, 0) is 43.3 Å². The number of benzene rings is 3. The van der Waals surface area contributed by atoms with Crippen LogP contribution in [0.25, 0.3) is 0 Å². The molecule has 6 atom stereocenters. The van der Waals surface area contributed by atoms with Crippen molar-refractivity contribution < 1.29 is 49.2 Å². The van der Waals surface area contributed by atoms with Gasteiger partial charge in [0.25, 0.3) is 0 Å². The Labute approximate surface area is 329 Å². The molecule has 304 valence electrons. The van der Waals surface area contributed by atoms with E-state index in [9.17, 15) is 49.2 Å². The van der Waals surface area contributed by atoms with Gasteiger partial charge in [-0.05, 0) is 73.9 Å². The maximum Gasteiger partial charge on any atom is 0.405 e. The predicted molar refractivity (Wildman–Crippen MR) is 206 cm³/mol. The molecule has 17 nitrogen and oxygen atoms in total. The fourth-order valence-electron chi connectivity index (χ4n) is 8.10. The van der Waals surface area contributed by atoms with E-state index in [1.54, 1.807) is 24.3 Å². The number of nitrogens with zero attached hydrogens (tertiary/aromatic N) is 3. The molecule has 0 aliphatic carbocycles. The molecule has 0 radical (unpaired) electrons. The van der Waals surface area contributed by atoms with E-state index in [0.717, 1.165) is 16.8 Å². The maximum absolute atomic E-state index is 13.6. The van der Waals surface area contributed by atoms with Crippen molar-refractivity contribution >= 4 is 41.5 Å². The number of carbonyl (C=O) groups excluding carboxylic acids is 4. The molecule has 0 aromatic heterocycles. The molecule has 57 heavy (non-hydrogen) atoms. The van der Waals surface area contributed by atoms with E-state index in [1.165, 1.54) is 23.6 Å². The molecule has 2 heterocycles. The van der Waals surface area contributed by atoms with Gasteiger partial charge in [0, 0.05) is 31.9 Å². The van der Waals surface area contributed by atoms with Gasteiger partial charge in [0.1, 0.15) is 23.2 Å². The zero-order valence-corrected chi connectivity index (χ0v) is 31.7. The second-order valence-corrected chi connectivity index (χ2v) is 14.6. The Kier molecular flexibility index (Phi) is 12.7. The molecule has 0 spiro atoms. The molecule has 2 aliphatic rings. The number of nitrogens with two attached hydrogens (primary N) is 2. The topological polar surface area (TPSA) is 269 Å². The van der Waals surface area contributed by atoms with Crippen molar-refractivity contribution in [3.63, 3.8) is 0 Å². The molecule has 0 saturated carbocycles. The van der Waals surface area contributed by atoms with Crippen LogP contribution in [-0.4, -0.2) is 103 Å². The average molecular weight is 788 g/mol. The highest BCUT2D eigenvalue weighted by atomic mass is 16.4. The van der Waals surface area contributed by atoms with Crippen LogP contribution in [0.1, 0.15) is 61.8 Å². The molecule has 6 amide bonds. The maximum atomic E-state index is 13.6. The van der Waals surface area contributed by atoms with Crippen molar-refractivity contribution in [1.29, 1.82) is 0 Å². The summed E-state index contributed by atoms with van der Waals surface area (Å²) in [6.07, 6.45) is -4.46. The Morgan fingerprint density at radius 3 is 1.33 bits per heavy atom. The lowest BCUT2D eigenvalue weighted by molar-refractivity contribution is -0.147. The highest BCUT2D eigenvalue weighted by Crippen LogP contribution is 2.41. The van der Waals surface area contributed by atoms with E-state index >= 15 is 0 Å². The van der Waals surface area contributed by atoms with Crippen molar-refractivity contribution in [3.8, 4) is 0 Å². The zero-order chi connectivity index (χ0) is 41.7. The monoisotopic (exact) mass is 787 g/mol. The molecule has 17 heteroatoms. The number of aliphatic hydroxyl groups is 2. The number of rotatable bonds is 15. The van der Waals surface area contributed by atoms with Gasteiger partial charge in [0.2, 0.25) is 23.6 Å². The van der Waals surface area contributed by atoms with Gasteiger partial charge in [-0.3, -0.25) is 19.2 Å². The van der Waals surface area contributed by atoms with Crippen molar-refractivity contribution in [2.75, 3.05) is 18.0 Å². The number of para-hydroxylation sites is 1. The van der Waals surface area contributed by atoms with Crippen molar-refractivity contribution in [3.05, 3.63) is 101 Å². The number of carbonyl (C=O) groups is 6. The Bertz CT molecular complexity index is 1840. The molecule has 2 saturated heterocycles. The lowest BCUT2D eigenvalue weighted by Crippen LogP contribution is -2.60. The van der Waals surface area contributed by atoms with Crippen LogP contribution in [0.4, 0.5) is 15.3 Å². The van der Waals surface area contributed by atoms with E-state index in [0.29, 0.717) is 37.1 Å². The van der Waals surface area contributed by atoms with Crippen LogP contribution in [0.2, 0.25) is 0 Å². The number of carboxylic acid groups (broad SMARTS) is 2. The Morgan fingerprint density at radius 2 is 1.02 bits per heavy atom. The second kappa shape index (κ2) is 17.3. The van der Waals surface area contributed by atoms with Crippen LogP contribution in [0.15, 0.2) is 78.9 Å². The first-order chi connectivity index (χ1) is 27.0. The standard InChI is InChI=1S/C40H49N7O10/c1-24(48)31(43-37(54)55)33(50)46-20-6-18-39(46,35(41)52)28-14-10-26(11-15-28)22-45(30-8-4-3-5-9-30)23-27-12-16-29(17-13-27)40(36(42)53)19-7-21-47(40)34(51)32(25(2)49)44-38(56)57/h3-5,8-17,24-25,31-32,43-44,48-49H,6-7,18-23H2,1-2H3,(H2,41,52)(H2,42,53)(H,54,55)(H,56,57)/t24-,25-,31+,32+,39+,40+/m1/s1. The molecule has 5 rings (SSSR count). The first-order valence-corrected chi connectivity index (χ1v) is 18.6. The molecule has 10 N–H and O–H groups in total. The highest BCUT2D eigenvalue weighted by Gasteiger charge is 2.53. The molecule has 0 bridgehead atoms. The molecule has 2 aliphatic heterocycles. The molecular formula is C40H49N7O10. The Morgan fingerprint density at radius 1 is 0.649 bits per heavy atom. The first-order valence-electron chi connectivity index (χ1n) is 18.6. The summed E-state index contributed by atoms with van der Waals surface area (Å²) in [5.41, 5.74) is 12.3. The van der Waals surface area contributed by atoms with Crippen LogP contribution in [0.3, 0.4) is 0 Å². The second-order valence-electron chi connectivity index (χ2n) is 14.6. The lowest BCUT2D eigenvalue weighted by atomic mass is 9.85. The van der Waals surface area contributed by atoms with E-state index in [4.69, 9.17) is 11.5 Å². The molecule has 2 fully saturated rings. The summed E-state index contributed by atoms with van der Waals surface area (Å²) in [7, 11) is 0. The number of hydrogen-bond donors (Lipinski definition) is 8. The van der Waals surface area contributed by atoms with Gasteiger partial charge >= 0.3 is 12.2 Å². The minimum Gasteiger partial charge on any atom is -0.465 e. The number of amides is 6. The van der Waals surface area contributed by atoms with Crippen LogP contribution >= 0.6 is 0 Å². The fraction of sp³-hybridized carbons (Fsp3) is 0.400. The summed E-state index contributed by atoms with van der Waals surface area (Å²) < 4.78 is 0. The van der Waals surface area contributed by atoms with Gasteiger partial charge in [-0.25, -0.2) is 9.59 Å². The smallest absolute Gasteiger partial charge is 0.405 e. The minimum absolute atomic E-state index is 0.133. The van der Waals surface area contributed by atoms with Gasteiger partial charge in [-0.15, -0.1) is 0 Å². The van der Waals surface area contributed by atoms with E-state index in [1.807, 2.05) is 65.2 Å². The number of anilines is 1. The number of likely N-dealkylation sites (tertiary alicyclic amines) is 2. The quantitative estimate of drug-likeness (QED) is 0.109. The summed E-state index contributed by atoms with van der Waals surface area (Å²) >= 11 is 0. The van der Waals surface area contributed by atoms with Gasteiger partial charge < -0.3 is 57.2 Å². The van der Waals surface area contributed by atoms with Gasteiger partial charge in [0.05, 0.1) is 12.2 Å². The first kappa shape index (κ1) is 42.0. The molecule has 3 aromatic carbocycles. The van der Waals surface area contributed by atoms with E-state index < -0.39 is 71.2 Å². The van der Waals surface area contributed by atoms with E-state index in [-0.39, 0.29) is 25.9 Å². The largest absolute Gasteiger partial charge is 0.465 e. The number of nitrogens with one attached hydrogen (secondary N) is 2. The molecular weight excluding hydrogens is 738 g/mol. The number of primary amides is 2. The third-order valence-electron chi connectivity index (χ3n) is 10.9. The van der Waals surface area contributed by atoms with Gasteiger partial charge in [-0.1, -0.05) is 66.7 Å². The average Bonchev–Trinajstić information content (AvgIpc) is 3.83. The predicted octanol–water partition coefficient (Wildman–Crippen LogP) is 1.53. The van der Waals surface area contributed by atoms with Crippen molar-refractivity contribution in [1.82, 2.24) is 20.4 Å². The SMILES string of the molecule is C[C@@H](O)[C@H](NC(=O)O)C(=O)N1CCC[C@@]1(C(N)=O)c1ccc(CN(Cc2ccc([C@]3(C(N)=O)CCCN3C(=O)[C@@H](NC(=O)O)[C@@H](C)O)cc2)c2ccccc2)cc1. The highest BCUT2D eigenvalue weighted by molar-refractivity contribution is 5.96. The summed E-state index contributed by atoms with van der Waals surface area (Å²) in [4.78, 5) is 80.9. The normalized spacial score (nSPS) is 21.2. The van der Waals surface area contributed by atoms with Crippen LogP contribution in [0, 0.1) is 0 Å². The van der Waals surface area contributed by atoms with Crippen molar-refractivity contribution in [2.24, 2.45) is 11.5 Å². The number of hydrogen-bond acceptors (Lipinski definition) is 9. The van der Waals surface area contributed by atoms with E-state index in [2.05, 4.69) is 4.90 Å². The summed E-state index contributed by atoms with van der Waals surface area (Å²) in [5.74, 6) is -3.08. The minimum atomic E-state index is -1.56. The zero-order valence-electron chi connectivity index (χ0n) is 31.7. The van der Waals surface area contributed by atoms with Gasteiger partial charge in [-0.2, -0.15) is 0 Å². The lowest BCUT2D eigenvalue weighted by Gasteiger charge is -2.38. The van der Waals surface area contributed by atoms with Gasteiger partial charge in [0.15, 0.2) is 0 Å². The number of aliphatic hydroxyl groups excluding tert-OH is 2.